The summed E-state index contributed by atoms with van der Waals surface area (Å²) < 4.78 is 23.7. The van der Waals surface area contributed by atoms with Gasteiger partial charge in [0, 0.05) is 36.1 Å². The molecule has 0 spiro atoms. The summed E-state index contributed by atoms with van der Waals surface area (Å²) in [4.78, 5) is 4.87. The van der Waals surface area contributed by atoms with Gasteiger partial charge in [-0.05, 0) is 49.1 Å². The van der Waals surface area contributed by atoms with Crippen molar-refractivity contribution in [3.05, 3.63) is 41.5 Å². The number of aromatic nitrogens is 1. The fraction of sp³-hybridized carbons (Fsp3) is 0.421. The summed E-state index contributed by atoms with van der Waals surface area (Å²) in [6.45, 7) is 0.530. The van der Waals surface area contributed by atoms with Crippen LogP contribution in [0, 0.1) is 0 Å². The van der Waals surface area contributed by atoms with E-state index in [1.54, 1.807) is 24.3 Å². The van der Waals surface area contributed by atoms with Crippen molar-refractivity contribution in [1.82, 2.24) is 10.3 Å². The van der Waals surface area contributed by atoms with E-state index in [1.807, 2.05) is 6.07 Å². The van der Waals surface area contributed by atoms with Crippen LogP contribution in [0.3, 0.4) is 0 Å². The van der Waals surface area contributed by atoms with Gasteiger partial charge in [0.2, 0.25) is 0 Å². The molecule has 0 saturated heterocycles. The number of sulfone groups is 1. The number of nitrogens with two attached hydrogens (primary N) is 1. The molecule has 0 bridgehead atoms. The summed E-state index contributed by atoms with van der Waals surface area (Å²) in [7, 11) is -3.32. The quantitative estimate of drug-likeness (QED) is 0.509. The molecule has 2 aliphatic rings. The molecule has 150 valence electrons. The molecule has 0 radical (unpaired) electrons. The highest BCUT2D eigenvalue weighted by atomic mass is 32.2. The average Bonchev–Trinajstić information content (AvgIpc) is 3.21. The Bertz CT molecular complexity index is 995. The van der Waals surface area contributed by atoms with E-state index in [4.69, 9.17) is 5.73 Å². The minimum Gasteiger partial charge on any atom is -0.374 e. The predicted octanol–water partition coefficient (Wildman–Crippen LogP) is 1.61. The molecule has 2 aromatic rings. The molecule has 0 amide bonds. The number of pyridine rings is 1. The molecule has 3 atom stereocenters. The molecule has 1 aliphatic heterocycles. The second kappa shape index (κ2) is 7.32. The molecule has 28 heavy (non-hydrogen) atoms. The number of nitrogens with one attached hydrogen (secondary N) is 3. The van der Waals surface area contributed by atoms with E-state index in [9.17, 15) is 13.5 Å². The standard InChI is InChI=1S/C19H25N5O3S/c1-28(26,27)13-5-2-4-12(9-13)22-18-17-11(10-21-19(17)25)8-16(24-18)23-15-7-3-6-14(15)20/h2,4-5,8-9,14-15,19,21,25H,3,6-7,10,20H2,1H3,(H2,22,23,24)/t14-,15+,19?/m0/s1. The third-order valence-corrected chi connectivity index (χ3v) is 6.44. The van der Waals surface area contributed by atoms with E-state index in [1.165, 1.54) is 6.26 Å². The summed E-state index contributed by atoms with van der Waals surface area (Å²) in [5.74, 6) is 1.19. The van der Waals surface area contributed by atoms with Gasteiger partial charge in [-0.15, -0.1) is 0 Å². The van der Waals surface area contributed by atoms with Crippen LogP contribution in [-0.4, -0.2) is 36.8 Å². The molecule has 8 nitrogen and oxygen atoms in total. The number of nitrogens with zero attached hydrogens (tertiary/aromatic N) is 1. The summed E-state index contributed by atoms with van der Waals surface area (Å²) in [5.41, 5.74) is 8.37. The minimum absolute atomic E-state index is 0.0987. The second-order valence-corrected chi connectivity index (χ2v) is 9.50. The van der Waals surface area contributed by atoms with E-state index in [2.05, 4.69) is 20.9 Å². The fourth-order valence-corrected chi connectivity index (χ4v) is 4.50. The number of hydrogen-bond acceptors (Lipinski definition) is 8. The van der Waals surface area contributed by atoms with Gasteiger partial charge >= 0.3 is 0 Å². The van der Waals surface area contributed by atoms with E-state index < -0.39 is 16.1 Å². The van der Waals surface area contributed by atoms with Crippen LogP contribution >= 0.6 is 0 Å². The van der Waals surface area contributed by atoms with Gasteiger partial charge in [0.05, 0.1) is 4.90 Å². The summed E-state index contributed by atoms with van der Waals surface area (Å²) in [6, 6.07) is 8.76. The average molecular weight is 404 g/mol. The third-order valence-electron chi connectivity index (χ3n) is 5.33. The van der Waals surface area contributed by atoms with Gasteiger partial charge in [-0.2, -0.15) is 0 Å². The Hall–Kier alpha value is -2.20. The van der Waals surface area contributed by atoms with Gasteiger partial charge in [-0.3, -0.25) is 5.32 Å². The van der Waals surface area contributed by atoms with Gasteiger partial charge in [0.25, 0.3) is 0 Å². The maximum atomic E-state index is 11.8. The van der Waals surface area contributed by atoms with Crippen molar-refractivity contribution in [2.45, 2.75) is 49.0 Å². The molecule has 1 fully saturated rings. The lowest BCUT2D eigenvalue weighted by molar-refractivity contribution is 0.152. The molecule has 1 aliphatic carbocycles. The molecule has 2 heterocycles. The topological polar surface area (TPSA) is 129 Å². The van der Waals surface area contributed by atoms with Gasteiger partial charge in [-0.1, -0.05) is 6.07 Å². The lowest BCUT2D eigenvalue weighted by Gasteiger charge is -2.20. The fourth-order valence-electron chi connectivity index (χ4n) is 3.84. The van der Waals surface area contributed by atoms with Gasteiger partial charge in [0.1, 0.15) is 17.9 Å². The zero-order valence-electron chi connectivity index (χ0n) is 15.6. The Morgan fingerprint density at radius 2 is 2.11 bits per heavy atom. The molecule has 4 rings (SSSR count). The summed E-state index contributed by atoms with van der Waals surface area (Å²) in [6.07, 6.45) is 3.43. The first-order valence-electron chi connectivity index (χ1n) is 9.36. The van der Waals surface area contributed by atoms with Gasteiger partial charge in [0.15, 0.2) is 9.84 Å². The van der Waals surface area contributed by atoms with E-state index >= 15 is 0 Å². The van der Waals surface area contributed by atoms with Crippen LogP contribution < -0.4 is 21.7 Å². The number of hydrogen-bond donors (Lipinski definition) is 5. The Balaban J connectivity index is 1.68. The first-order valence-corrected chi connectivity index (χ1v) is 11.2. The van der Waals surface area contributed by atoms with Crippen molar-refractivity contribution in [3.8, 4) is 0 Å². The SMILES string of the molecule is CS(=O)(=O)c1cccc(Nc2nc(N[C@@H]3CCC[C@@H]3N)cc3c2C(O)NC3)c1. The minimum atomic E-state index is -3.32. The van der Waals surface area contributed by atoms with E-state index in [-0.39, 0.29) is 17.0 Å². The monoisotopic (exact) mass is 403 g/mol. The molecule has 1 saturated carbocycles. The molecule has 1 aromatic carbocycles. The molecule has 1 unspecified atom stereocenters. The number of anilines is 3. The smallest absolute Gasteiger partial charge is 0.175 e. The molecule has 6 N–H and O–H groups in total. The van der Waals surface area contributed by atoms with E-state index in [0.29, 0.717) is 29.4 Å². The van der Waals surface area contributed by atoms with Crippen molar-refractivity contribution in [2.75, 3.05) is 16.9 Å². The maximum absolute atomic E-state index is 11.8. The summed E-state index contributed by atoms with van der Waals surface area (Å²) in [5, 5.41) is 19.9. The van der Waals surface area contributed by atoms with Crippen LogP contribution in [0.5, 0.6) is 0 Å². The highest BCUT2D eigenvalue weighted by Crippen LogP contribution is 2.34. The lowest BCUT2D eigenvalue weighted by atomic mass is 10.1. The number of aliphatic hydroxyl groups is 1. The lowest BCUT2D eigenvalue weighted by Crippen LogP contribution is -2.35. The van der Waals surface area contributed by atoms with Crippen molar-refractivity contribution in [1.29, 1.82) is 0 Å². The largest absolute Gasteiger partial charge is 0.374 e. The first kappa shape index (κ1) is 19.1. The van der Waals surface area contributed by atoms with Crippen molar-refractivity contribution < 1.29 is 13.5 Å². The van der Waals surface area contributed by atoms with Crippen molar-refractivity contribution in [2.24, 2.45) is 5.73 Å². The number of fused-ring (bicyclic) bond motifs is 1. The van der Waals surface area contributed by atoms with Crippen molar-refractivity contribution >= 4 is 27.2 Å². The van der Waals surface area contributed by atoms with Gasteiger partial charge in [-0.25, -0.2) is 13.4 Å². The Morgan fingerprint density at radius 1 is 1.29 bits per heavy atom. The van der Waals surface area contributed by atoms with E-state index in [0.717, 1.165) is 24.8 Å². The van der Waals surface area contributed by atoms with Crippen LogP contribution in [0.15, 0.2) is 35.2 Å². The first-order chi connectivity index (χ1) is 13.3. The number of aliphatic hydroxyl groups excluding tert-OH is 1. The number of benzene rings is 1. The normalized spacial score (nSPS) is 24.2. The number of rotatable bonds is 5. The molecule has 1 aromatic heterocycles. The zero-order chi connectivity index (χ0) is 19.9. The van der Waals surface area contributed by atoms with Crippen LogP contribution in [-0.2, 0) is 16.4 Å². The Labute approximate surface area is 164 Å². The van der Waals surface area contributed by atoms with Crippen molar-refractivity contribution in [3.63, 3.8) is 0 Å². The van der Waals surface area contributed by atoms with Gasteiger partial charge < -0.3 is 21.5 Å². The highest BCUT2D eigenvalue weighted by Gasteiger charge is 2.28. The Kier molecular flexibility index (Phi) is 5.00. The maximum Gasteiger partial charge on any atom is 0.175 e. The van der Waals surface area contributed by atoms with Crippen LogP contribution in [0.4, 0.5) is 17.3 Å². The van der Waals surface area contributed by atoms with Crippen LogP contribution in [0.1, 0.15) is 36.6 Å². The Morgan fingerprint density at radius 3 is 2.82 bits per heavy atom. The second-order valence-electron chi connectivity index (χ2n) is 7.48. The molecular formula is C19H25N5O3S. The van der Waals surface area contributed by atoms with Crippen LogP contribution in [0.2, 0.25) is 0 Å². The summed E-state index contributed by atoms with van der Waals surface area (Å²) >= 11 is 0. The highest BCUT2D eigenvalue weighted by molar-refractivity contribution is 7.90. The third kappa shape index (κ3) is 3.83. The predicted molar refractivity (Wildman–Crippen MR) is 108 cm³/mol. The molecule has 9 heteroatoms. The molecular weight excluding hydrogens is 378 g/mol. The van der Waals surface area contributed by atoms with Crippen LogP contribution in [0.25, 0.3) is 0 Å². The zero-order valence-corrected chi connectivity index (χ0v) is 16.5.